The van der Waals surface area contributed by atoms with Gasteiger partial charge in [-0.15, -0.1) is 0 Å². The molecule has 1 aromatic heterocycles. The minimum atomic E-state index is -0.0351. The molecule has 0 atom stereocenters. The fourth-order valence-electron chi connectivity index (χ4n) is 5.22. The number of ether oxygens (including phenoxy) is 1. The van der Waals surface area contributed by atoms with Gasteiger partial charge in [-0.25, -0.2) is 9.97 Å². The molecule has 0 spiro atoms. The molecule has 0 saturated heterocycles. The molecule has 4 saturated carbocycles. The van der Waals surface area contributed by atoms with Crippen molar-refractivity contribution in [2.24, 2.45) is 17.8 Å². The Kier molecular flexibility index (Phi) is 3.31. The smallest absolute Gasteiger partial charge is 0.317 e. The molecule has 1 heterocycles. The number of amides is 1. The molecule has 0 unspecified atom stereocenters. The van der Waals surface area contributed by atoms with E-state index in [0.717, 1.165) is 42.7 Å². The van der Waals surface area contributed by atoms with E-state index >= 15 is 0 Å². The van der Waals surface area contributed by atoms with E-state index in [1.807, 2.05) is 13.0 Å². The minimum absolute atomic E-state index is 0.00516. The Morgan fingerprint density at radius 1 is 1.27 bits per heavy atom. The Hall–Kier alpha value is -1.65. The number of hydrogen-bond acceptors (Lipinski definition) is 4. The predicted octanol–water partition coefficient (Wildman–Crippen LogP) is 2.25. The van der Waals surface area contributed by atoms with Crippen LogP contribution in [0.2, 0.25) is 0 Å². The van der Waals surface area contributed by atoms with E-state index in [1.54, 1.807) is 6.20 Å². The maximum Gasteiger partial charge on any atom is 0.317 e. The first-order valence-electron chi connectivity index (χ1n) is 8.34. The van der Waals surface area contributed by atoms with Crippen molar-refractivity contribution in [3.8, 4) is 6.01 Å². The zero-order valence-electron chi connectivity index (χ0n) is 13.0. The van der Waals surface area contributed by atoms with Crippen LogP contribution in [0.3, 0.4) is 0 Å². The van der Waals surface area contributed by atoms with Gasteiger partial charge in [-0.2, -0.15) is 0 Å². The van der Waals surface area contributed by atoms with Crippen molar-refractivity contribution in [3.05, 3.63) is 18.0 Å². The maximum absolute atomic E-state index is 12.3. The van der Waals surface area contributed by atoms with Gasteiger partial charge in [0.1, 0.15) is 0 Å². The third kappa shape index (κ3) is 2.69. The second-order valence-corrected chi connectivity index (χ2v) is 7.52. The molecular weight excluding hydrogens is 278 g/mol. The van der Waals surface area contributed by atoms with Gasteiger partial charge < -0.3 is 10.1 Å². The summed E-state index contributed by atoms with van der Waals surface area (Å²) in [5.41, 5.74) is 0.884. The molecule has 4 aliphatic rings. The highest BCUT2D eigenvalue weighted by atomic mass is 16.5. The highest BCUT2D eigenvalue weighted by molar-refractivity contribution is 5.78. The van der Waals surface area contributed by atoms with Gasteiger partial charge in [-0.3, -0.25) is 4.79 Å². The molecule has 22 heavy (non-hydrogen) atoms. The van der Waals surface area contributed by atoms with Gasteiger partial charge in [0.2, 0.25) is 0 Å². The number of aryl methyl sites for hydroxylation is 1. The van der Waals surface area contributed by atoms with Crippen molar-refractivity contribution < 1.29 is 9.53 Å². The average Bonchev–Trinajstić information content (AvgIpc) is 2.43. The van der Waals surface area contributed by atoms with E-state index in [4.69, 9.17) is 4.74 Å². The van der Waals surface area contributed by atoms with E-state index in [1.165, 1.54) is 19.3 Å². The summed E-state index contributed by atoms with van der Waals surface area (Å²) >= 11 is 0. The van der Waals surface area contributed by atoms with Crippen LogP contribution in [0, 0.1) is 24.7 Å². The van der Waals surface area contributed by atoms with Crippen molar-refractivity contribution in [1.82, 2.24) is 15.3 Å². The molecule has 118 valence electrons. The van der Waals surface area contributed by atoms with Crippen LogP contribution in [-0.2, 0) is 4.79 Å². The first-order chi connectivity index (χ1) is 10.6. The Bertz CT molecular complexity index is 552. The van der Waals surface area contributed by atoms with Crippen LogP contribution in [0.4, 0.5) is 0 Å². The summed E-state index contributed by atoms with van der Waals surface area (Å²) in [6, 6.07) is 2.09. The van der Waals surface area contributed by atoms with Gasteiger partial charge in [-0.05, 0) is 69.3 Å². The van der Waals surface area contributed by atoms with Crippen LogP contribution in [0.15, 0.2) is 12.3 Å². The molecule has 4 bridgehead atoms. The summed E-state index contributed by atoms with van der Waals surface area (Å²) in [5, 5.41) is 3.29. The van der Waals surface area contributed by atoms with Crippen molar-refractivity contribution in [2.45, 2.75) is 51.0 Å². The summed E-state index contributed by atoms with van der Waals surface area (Å²) in [6.07, 6.45) is 9.26. The SMILES string of the molecule is Cc1ccnc(OCC(=O)NC23CC4CC(CC(C4)C2)C3)n1. The summed E-state index contributed by atoms with van der Waals surface area (Å²) in [6.45, 7) is 1.88. The molecule has 4 aliphatic carbocycles. The zero-order valence-corrected chi connectivity index (χ0v) is 13.0. The molecule has 5 heteroatoms. The largest absolute Gasteiger partial charge is 0.453 e. The monoisotopic (exact) mass is 301 g/mol. The Morgan fingerprint density at radius 2 is 1.91 bits per heavy atom. The number of nitrogens with one attached hydrogen (secondary N) is 1. The summed E-state index contributed by atoms with van der Waals surface area (Å²) in [7, 11) is 0. The Balaban J connectivity index is 1.36. The van der Waals surface area contributed by atoms with Gasteiger partial charge in [0.15, 0.2) is 6.61 Å². The minimum Gasteiger partial charge on any atom is -0.453 e. The van der Waals surface area contributed by atoms with Crippen LogP contribution in [0.25, 0.3) is 0 Å². The number of aromatic nitrogens is 2. The van der Waals surface area contributed by atoms with Crippen molar-refractivity contribution in [3.63, 3.8) is 0 Å². The first-order valence-corrected chi connectivity index (χ1v) is 8.34. The molecule has 0 radical (unpaired) electrons. The van der Waals surface area contributed by atoms with Gasteiger partial charge in [0.25, 0.3) is 5.91 Å². The lowest BCUT2D eigenvalue weighted by atomic mass is 9.53. The van der Waals surface area contributed by atoms with E-state index in [-0.39, 0.29) is 24.1 Å². The molecular formula is C17H23N3O2. The molecule has 1 aromatic rings. The third-order valence-electron chi connectivity index (χ3n) is 5.55. The van der Waals surface area contributed by atoms with E-state index in [2.05, 4.69) is 15.3 Å². The Labute approximate surface area is 130 Å². The number of carbonyl (C=O) groups is 1. The molecule has 1 N–H and O–H groups in total. The van der Waals surface area contributed by atoms with Crippen LogP contribution in [-0.4, -0.2) is 28.0 Å². The van der Waals surface area contributed by atoms with E-state index in [9.17, 15) is 4.79 Å². The quantitative estimate of drug-likeness (QED) is 0.926. The predicted molar refractivity (Wildman–Crippen MR) is 81.3 cm³/mol. The molecule has 5 rings (SSSR count). The summed E-state index contributed by atoms with van der Waals surface area (Å²) in [5.74, 6) is 2.44. The number of rotatable bonds is 4. The summed E-state index contributed by atoms with van der Waals surface area (Å²) < 4.78 is 5.43. The van der Waals surface area contributed by atoms with Gasteiger partial charge in [-0.1, -0.05) is 0 Å². The molecule has 0 aromatic carbocycles. The molecule has 4 fully saturated rings. The first kappa shape index (κ1) is 14.0. The fourth-order valence-corrected chi connectivity index (χ4v) is 5.22. The van der Waals surface area contributed by atoms with Crippen LogP contribution >= 0.6 is 0 Å². The van der Waals surface area contributed by atoms with E-state index in [0.29, 0.717) is 0 Å². The molecule has 0 aliphatic heterocycles. The Morgan fingerprint density at radius 3 is 2.50 bits per heavy atom. The fraction of sp³-hybridized carbons (Fsp3) is 0.706. The third-order valence-corrected chi connectivity index (χ3v) is 5.55. The number of carbonyl (C=O) groups excluding carboxylic acids is 1. The highest BCUT2D eigenvalue weighted by Crippen LogP contribution is 2.55. The maximum atomic E-state index is 12.3. The second kappa shape index (κ2) is 5.21. The molecule has 5 nitrogen and oxygen atoms in total. The summed E-state index contributed by atoms with van der Waals surface area (Å²) in [4.78, 5) is 20.5. The van der Waals surface area contributed by atoms with Gasteiger partial charge in [0, 0.05) is 17.4 Å². The van der Waals surface area contributed by atoms with Crippen LogP contribution in [0.5, 0.6) is 6.01 Å². The lowest BCUT2D eigenvalue weighted by Crippen LogP contribution is -2.60. The van der Waals surface area contributed by atoms with Crippen LogP contribution < -0.4 is 10.1 Å². The second-order valence-electron chi connectivity index (χ2n) is 7.52. The van der Waals surface area contributed by atoms with E-state index < -0.39 is 0 Å². The lowest BCUT2D eigenvalue weighted by molar-refractivity contribution is -0.129. The van der Waals surface area contributed by atoms with Gasteiger partial charge in [0.05, 0.1) is 0 Å². The normalized spacial score (nSPS) is 35.4. The average molecular weight is 301 g/mol. The molecule has 1 amide bonds. The standard InChI is InChI=1S/C17H23N3O2/c1-11-2-3-18-16(19-11)22-10-15(21)20-17-7-12-4-13(8-17)6-14(5-12)9-17/h2-3,12-14H,4-10H2,1H3,(H,20,21). The zero-order chi connectivity index (χ0) is 15.2. The number of hydrogen-bond donors (Lipinski definition) is 1. The highest BCUT2D eigenvalue weighted by Gasteiger charge is 2.51. The van der Waals surface area contributed by atoms with Crippen molar-refractivity contribution in [1.29, 1.82) is 0 Å². The number of nitrogens with zero attached hydrogens (tertiary/aromatic N) is 2. The van der Waals surface area contributed by atoms with Gasteiger partial charge >= 0.3 is 6.01 Å². The lowest BCUT2D eigenvalue weighted by Gasteiger charge is -2.56. The van der Waals surface area contributed by atoms with Crippen molar-refractivity contribution >= 4 is 5.91 Å². The van der Waals surface area contributed by atoms with Crippen molar-refractivity contribution in [2.75, 3.05) is 6.61 Å². The topological polar surface area (TPSA) is 64.1 Å². The van der Waals surface area contributed by atoms with Crippen LogP contribution in [0.1, 0.15) is 44.2 Å².